The van der Waals surface area contributed by atoms with Gasteiger partial charge in [-0.3, -0.25) is 0 Å². The fourth-order valence-corrected chi connectivity index (χ4v) is 2.73. The molecule has 0 aliphatic heterocycles. The molecule has 0 saturated heterocycles. The zero-order valence-electron chi connectivity index (χ0n) is 11.3. The molecule has 2 nitrogen and oxygen atoms in total. The molecule has 0 radical (unpaired) electrons. The first-order valence-corrected chi connectivity index (χ1v) is 7.30. The lowest BCUT2D eigenvalue weighted by Crippen LogP contribution is -3.08. The van der Waals surface area contributed by atoms with E-state index in [4.69, 9.17) is 23.2 Å². The summed E-state index contributed by atoms with van der Waals surface area (Å²) in [6.45, 7) is 1.29. The first kappa shape index (κ1) is 15.3. The molecule has 106 valence electrons. The third-order valence-corrected chi connectivity index (χ3v) is 3.97. The van der Waals surface area contributed by atoms with Gasteiger partial charge in [0, 0.05) is 5.56 Å². The first-order chi connectivity index (χ1) is 9.58. The van der Waals surface area contributed by atoms with Crippen molar-refractivity contribution in [1.82, 2.24) is 0 Å². The summed E-state index contributed by atoms with van der Waals surface area (Å²) >= 11 is 12.3. The molecule has 2 N–H and O–H groups in total. The Morgan fingerprint density at radius 3 is 2.20 bits per heavy atom. The van der Waals surface area contributed by atoms with Crippen LogP contribution >= 0.6 is 23.2 Å². The van der Waals surface area contributed by atoms with Crippen molar-refractivity contribution in [3.8, 4) is 0 Å². The van der Waals surface area contributed by atoms with Gasteiger partial charge in [-0.15, -0.1) is 0 Å². The molecule has 2 atom stereocenters. The second-order valence-electron chi connectivity index (χ2n) is 4.96. The topological polar surface area (TPSA) is 24.7 Å². The van der Waals surface area contributed by atoms with E-state index in [1.807, 2.05) is 55.6 Å². The largest absolute Gasteiger partial charge is 0.382 e. The maximum Gasteiger partial charge on any atom is 0.128 e. The third-order valence-electron chi connectivity index (χ3n) is 3.27. The smallest absolute Gasteiger partial charge is 0.128 e. The van der Waals surface area contributed by atoms with Crippen molar-refractivity contribution in [2.75, 3.05) is 13.6 Å². The van der Waals surface area contributed by atoms with E-state index in [0.717, 1.165) is 16.0 Å². The van der Waals surface area contributed by atoms with Crippen molar-refractivity contribution >= 4 is 23.2 Å². The van der Waals surface area contributed by atoms with E-state index in [9.17, 15) is 5.11 Å². The normalized spacial score (nSPS) is 14.0. The monoisotopic (exact) mass is 310 g/mol. The van der Waals surface area contributed by atoms with E-state index in [1.165, 1.54) is 0 Å². The Morgan fingerprint density at radius 2 is 1.60 bits per heavy atom. The minimum atomic E-state index is -0.488. The molecule has 0 bridgehead atoms. The molecule has 2 aromatic rings. The number of halogens is 2. The van der Waals surface area contributed by atoms with Crippen molar-refractivity contribution in [3.05, 3.63) is 69.7 Å². The quantitative estimate of drug-likeness (QED) is 0.872. The van der Waals surface area contributed by atoms with Gasteiger partial charge in [-0.25, -0.2) is 0 Å². The predicted octanol–water partition coefficient (Wildman–Crippen LogP) is 2.74. The van der Waals surface area contributed by atoms with Crippen molar-refractivity contribution in [2.45, 2.75) is 12.6 Å². The fraction of sp³-hybridized carbons (Fsp3) is 0.250. The van der Waals surface area contributed by atoms with Crippen LogP contribution in [0.2, 0.25) is 10.0 Å². The third kappa shape index (κ3) is 3.97. The van der Waals surface area contributed by atoms with Crippen LogP contribution in [0.5, 0.6) is 0 Å². The predicted molar refractivity (Wildman–Crippen MR) is 83.3 cm³/mol. The highest BCUT2D eigenvalue weighted by atomic mass is 35.5. The Balaban J connectivity index is 2.01. The first-order valence-electron chi connectivity index (χ1n) is 6.55. The van der Waals surface area contributed by atoms with Gasteiger partial charge in [-0.1, -0.05) is 59.6 Å². The Labute approximate surface area is 129 Å². The van der Waals surface area contributed by atoms with E-state index in [1.54, 1.807) is 0 Å². The molecule has 0 heterocycles. The molecule has 0 saturated carbocycles. The van der Waals surface area contributed by atoms with Crippen LogP contribution in [0.15, 0.2) is 48.5 Å². The summed E-state index contributed by atoms with van der Waals surface area (Å²) in [5.74, 6) is 0. The summed E-state index contributed by atoms with van der Waals surface area (Å²) in [6, 6.07) is 15.2. The van der Waals surface area contributed by atoms with Gasteiger partial charge in [-0.2, -0.15) is 0 Å². The lowest BCUT2D eigenvalue weighted by Gasteiger charge is -2.19. The number of hydrogen-bond donors (Lipinski definition) is 2. The Morgan fingerprint density at radius 1 is 1.00 bits per heavy atom. The lowest BCUT2D eigenvalue weighted by molar-refractivity contribution is -0.897. The zero-order chi connectivity index (χ0) is 14.5. The van der Waals surface area contributed by atoms with Crippen LogP contribution in [0.25, 0.3) is 0 Å². The molecule has 20 heavy (non-hydrogen) atoms. The van der Waals surface area contributed by atoms with Gasteiger partial charge in [0.2, 0.25) is 0 Å². The van der Waals surface area contributed by atoms with E-state index >= 15 is 0 Å². The molecule has 1 unspecified atom stereocenters. The maximum atomic E-state index is 10.2. The highest BCUT2D eigenvalue weighted by molar-refractivity contribution is 6.35. The van der Waals surface area contributed by atoms with Crippen LogP contribution in [0.4, 0.5) is 0 Å². The molecule has 4 heteroatoms. The number of nitrogens with one attached hydrogen (secondary N) is 1. The molecule has 0 fully saturated rings. The number of hydrogen-bond acceptors (Lipinski definition) is 1. The average Bonchev–Trinajstić information content (AvgIpc) is 2.44. The molecule has 0 aliphatic carbocycles. The van der Waals surface area contributed by atoms with Crippen molar-refractivity contribution in [3.63, 3.8) is 0 Å². The van der Waals surface area contributed by atoms with Crippen molar-refractivity contribution < 1.29 is 10.0 Å². The van der Waals surface area contributed by atoms with Crippen LogP contribution in [0, 0.1) is 0 Å². The molecule has 0 amide bonds. The molecule has 2 rings (SSSR count). The van der Waals surface area contributed by atoms with E-state index in [-0.39, 0.29) is 0 Å². The Hall–Kier alpha value is -1.06. The highest BCUT2D eigenvalue weighted by Gasteiger charge is 2.16. The second-order valence-corrected chi connectivity index (χ2v) is 5.78. The summed E-state index contributed by atoms with van der Waals surface area (Å²) in [7, 11) is 2.02. The number of rotatable bonds is 5. The van der Waals surface area contributed by atoms with Crippen LogP contribution in [0.1, 0.15) is 17.2 Å². The number of benzene rings is 2. The van der Waals surface area contributed by atoms with Crippen molar-refractivity contribution in [1.29, 1.82) is 0 Å². The summed E-state index contributed by atoms with van der Waals surface area (Å²) in [5, 5.41) is 11.6. The molecule has 0 spiro atoms. The van der Waals surface area contributed by atoms with Crippen LogP contribution in [-0.4, -0.2) is 18.7 Å². The minimum Gasteiger partial charge on any atom is -0.382 e. The maximum absolute atomic E-state index is 10.2. The molecule has 0 aliphatic rings. The van der Waals surface area contributed by atoms with E-state index in [0.29, 0.717) is 23.1 Å². The van der Waals surface area contributed by atoms with Gasteiger partial charge in [0.15, 0.2) is 0 Å². The van der Waals surface area contributed by atoms with Gasteiger partial charge in [-0.05, 0) is 17.7 Å². The number of aliphatic hydroxyl groups excluding tert-OH is 1. The van der Waals surface area contributed by atoms with Gasteiger partial charge in [0.1, 0.15) is 19.2 Å². The SMILES string of the molecule is C[NH+](Cc1c(Cl)cccc1Cl)C[C@H](O)c1ccccc1. The lowest BCUT2D eigenvalue weighted by atomic mass is 10.1. The van der Waals surface area contributed by atoms with Gasteiger partial charge >= 0.3 is 0 Å². The number of aliphatic hydroxyl groups is 1. The van der Waals surface area contributed by atoms with E-state index in [2.05, 4.69) is 0 Å². The van der Waals surface area contributed by atoms with Crippen LogP contribution in [0.3, 0.4) is 0 Å². The molecule has 2 aromatic carbocycles. The van der Waals surface area contributed by atoms with Gasteiger partial charge in [0.05, 0.1) is 17.1 Å². The molecular formula is C16H18Cl2NO+. The van der Waals surface area contributed by atoms with Crippen molar-refractivity contribution in [2.24, 2.45) is 0 Å². The summed E-state index contributed by atoms with van der Waals surface area (Å²) in [5.41, 5.74) is 1.85. The molecular weight excluding hydrogens is 293 g/mol. The average molecular weight is 311 g/mol. The Kier molecular flexibility index (Phi) is 5.44. The second kappa shape index (κ2) is 7.09. The number of quaternary nitrogens is 1. The number of likely N-dealkylation sites (N-methyl/N-ethyl adjacent to an activating group) is 1. The zero-order valence-corrected chi connectivity index (χ0v) is 12.8. The van der Waals surface area contributed by atoms with Gasteiger partial charge < -0.3 is 10.0 Å². The van der Waals surface area contributed by atoms with Crippen LogP contribution < -0.4 is 4.90 Å². The fourth-order valence-electron chi connectivity index (χ4n) is 2.20. The van der Waals surface area contributed by atoms with Crippen LogP contribution in [-0.2, 0) is 6.54 Å². The standard InChI is InChI=1S/C16H17Cl2NO/c1-19(10-13-14(17)8-5-9-15(13)18)11-16(20)12-6-3-2-4-7-12/h2-9,16,20H,10-11H2,1H3/p+1/t16-/m0/s1. The summed E-state index contributed by atoms with van der Waals surface area (Å²) in [6.07, 6.45) is -0.488. The van der Waals surface area contributed by atoms with Gasteiger partial charge in [0.25, 0.3) is 0 Å². The Bertz CT molecular complexity index is 539. The summed E-state index contributed by atoms with van der Waals surface area (Å²) < 4.78 is 0. The highest BCUT2D eigenvalue weighted by Crippen LogP contribution is 2.23. The molecule has 0 aromatic heterocycles. The van der Waals surface area contributed by atoms with E-state index < -0.39 is 6.10 Å². The summed E-state index contributed by atoms with van der Waals surface area (Å²) in [4.78, 5) is 1.15. The minimum absolute atomic E-state index is 0.488.